The minimum absolute atomic E-state index is 0.147. The van der Waals surface area contributed by atoms with Crippen LogP contribution in [0.15, 0.2) is 17.0 Å². The van der Waals surface area contributed by atoms with Gasteiger partial charge in [0.1, 0.15) is 0 Å². The molecule has 14 heavy (non-hydrogen) atoms. The lowest BCUT2D eigenvalue weighted by Crippen LogP contribution is -2.12. The molecule has 0 heterocycles. The summed E-state index contributed by atoms with van der Waals surface area (Å²) < 4.78 is 26.5. The maximum atomic E-state index is 13.3. The second-order valence-electron chi connectivity index (χ2n) is 2.58. The molecule has 78 valence electrons. The van der Waals surface area contributed by atoms with E-state index in [1.165, 1.54) is 24.9 Å². The summed E-state index contributed by atoms with van der Waals surface area (Å²) in [6.45, 7) is 0.147. The fourth-order valence-corrected chi connectivity index (χ4v) is 1.49. The lowest BCUT2D eigenvalue weighted by molar-refractivity contribution is 0.0857. The maximum absolute atomic E-state index is 13.3. The summed E-state index contributed by atoms with van der Waals surface area (Å²) in [7, 11) is 1.42. The Bertz CT molecular complexity index is 320. The normalized spacial score (nSPS) is 10.6. The van der Waals surface area contributed by atoms with Gasteiger partial charge < -0.3 is 4.84 Å². The van der Waals surface area contributed by atoms with E-state index in [-0.39, 0.29) is 12.1 Å². The van der Waals surface area contributed by atoms with Crippen LogP contribution < -0.4 is 5.48 Å². The van der Waals surface area contributed by atoms with E-state index in [1.54, 1.807) is 12.3 Å². The van der Waals surface area contributed by atoms with Gasteiger partial charge in [0.2, 0.25) is 0 Å². The molecule has 2 nitrogen and oxygen atoms in total. The molecule has 0 saturated heterocycles. The zero-order valence-electron chi connectivity index (χ0n) is 7.93. The first-order chi connectivity index (χ1) is 6.70. The summed E-state index contributed by atoms with van der Waals surface area (Å²) in [6.07, 6.45) is 1.70. The van der Waals surface area contributed by atoms with E-state index in [9.17, 15) is 8.78 Å². The van der Waals surface area contributed by atoms with Crippen LogP contribution in [0.3, 0.4) is 0 Å². The van der Waals surface area contributed by atoms with Gasteiger partial charge in [-0.3, -0.25) is 0 Å². The minimum Gasteiger partial charge on any atom is -0.305 e. The highest BCUT2D eigenvalue weighted by Crippen LogP contribution is 2.23. The number of hydrogen-bond acceptors (Lipinski definition) is 3. The van der Waals surface area contributed by atoms with Crippen LogP contribution in [0.5, 0.6) is 0 Å². The second-order valence-corrected chi connectivity index (χ2v) is 3.43. The Kier molecular flexibility index (Phi) is 4.31. The lowest BCUT2D eigenvalue weighted by atomic mass is 10.2. The van der Waals surface area contributed by atoms with E-state index in [4.69, 9.17) is 0 Å². The van der Waals surface area contributed by atoms with E-state index in [0.717, 1.165) is 0 Å². The first-order valence-corrected chi connectivity index (χ1v) is 5.20. The Morgan fingerprint density at radius 3 is 2.64 bits per heavy atom. The largest absolute Gasteiger partial charge is 0.305 e. The summed E-state index contributed by atoms with van der Waals surface area (Å²) in [5.74, 6) is -1.62. The highest BCUT2D eigenvalue weighted by Gasteiger charge is 2.12. The first-order valence-electron chi connectivity index (χ1n) is 3.97. The molecular weight excluding hydrogens is 208 g/mol. The van der Waals surface area contributed by atoms with E-state index in [0.29, 0.717) is 4.90 Å². The van der Waals surface area contributed by atoms with Gasteiger partial charge in [-0.25, -0.2) is 8.78 Å². The van der Waals surface area contributed by atoms with E-state index < -0.39 is 11.6 Å². The Morgan fingerprint density at radius 2 is 2.07 bits per heavy atom. The van der Waals surface area contributed by atoms with Crippen LogP contribution >= 0.6 is 11.8 Å². The van der Waals surface area contributed by atoms with Crippen molar-refractivity contribution in [3.63, 3.8) is 0 Å². The standard InChI is InChI=1S/C9H11F2NOS/c1-13-12-5-6-3-4-7(14-2)9(11)8(6)10/h3-4,12H,5H2,1-2H3. The minimum atomic E-state index is -0.818. The van der Waals surface area contributed by atoms with Gasteiger partial charge in [-0.05, 0) is 12.3 Å². The van der Waals surface area contributed by atoms with Gasteiger partial charge in [0.15, 0.2) is 11.6 Å². The third kappa shape index (κ3) is 2.43. The van der Waals surface area contributed by atoms with Crippen LogP contribution in [-0.2, 0) is 11.4 Å². The van der Waals surface area contributed by atoms with Crippen molar-refractivity contribution in [2.45, 2.75) is 11.4 Å². The van der Waals surface area contributed by atoms with Gasteiger partial charge in [0, 0.05) is 17.0 Å². The Morgan fingerprint density at radius 1 is 1.36 bits per heavy atom. The molecular formula is C9H11F2NOS. The third-order valence-corrected chi connectivity index (χ3v) is 2.51. The SMILES string of the molecule is CONCc1ccc(SC)c(F)c1F. The van der Waals surface area contributed by atoms with Crippen molar-refractivity contribution in [3.05, 3.63) is 29.3 Å². The molecule has 0 radical (unpaired) electrons. The van der Waals surface area contributed by atoms with Gasteiger partial charge in [-0.1, -0.05) is 6.07 Å². The van der Waals surface area contributed by atoms with Crippen molar-refractivity contribution < 1.29 is 13.6 Å². The van der Waals surface area contributed by atoms with Gasteiger partial charge >= 0.3 is 0 Å². The van der Waals surface area contributed by atoms with Crippen LogP contribution in [0.2, 0.25) is 0 Å². The fraction of sp³-hybridized carbons (Fsp3) is 0.333. The smallest absolute Gasteiger partial charge is 0.172 e. The summed E-state index contributed by atoms with van der Waals surface area (Å²) >= 11 is 1.18. The van der Waals surface area contributed by atoms with Crippen molar-refractivity contribution in [3.8, 4) is 0 Å². The maximum Gasteiger partial charge on any atom is 0.172 e. The monoisotopic (exact) mass is 219 g/mol. The molecule has 0 aliphatic heterocycles. The molecule has 0 atom stereocenters. The average molecular weight is 219 g/mol. The predicted molar refractivity (Wildman–Crippen MR) is 52.0 cm³/mol. The summed E-state index contributed by atoms with van der Waals surface area (Å²) in [5, 5.41) is 0. The average Bonchev–Trinajstić information content (AvgIpc) is 2.20. The zero-order chi connectivity index (χ0) is 10.6. The van der Waals surface area contributed by atoms with Crippen molar-refractivity contribution >= 4 is 11.8 Å². The molecule has 0 bridgehead atoms. The predicted octanol–water partition coefficient (Wildman–Crippen LogP) is 2.34. The molecule has 0 unspecified atom stereocenters. The van der Waals surface area contributed by atoms with Crippen LogP contribution in [0.1, 0.15) is 5.56 Å². The zero-order valence-corrected chi connectivity index (χ0v) is 8.75. The van der Waals surface area contributed by atoms with Gasteiger partial charge in [-0.2, -0.15) is 5.48 Å². The second kappa shape index (κ2) is 5.29. The van der Waals surface area contributed by atoms with Crippen molar-refractivity contribution in [2.24, 2.45) is 0 Å². The third-order valence-electron chi connectivity index (χ3n) is 1.75. The number of hydrogen-bond donors (Lipinski definition) is 1. The molecule has 0 saturated carbocycles. The topological polar surface area (TPSA) is 21.3 Å². The molecule has 1 aromatic carbocycles. The summed E-state index contributed by atoms with van der Waals surface area (Å²) in [6, 6.07) is 3.09. The van der Waals surface area contributed by atoms with Crippen molar-refractivity contribution in [1.82, 2.24) is 5.48 Å². The molecule has 0 fully saturated rings. The summed E-state index contributed by atoms with van der Waals surface area (Å²) in [5.41, 5.74) is 2.71. The Labute approximate surface area is 85.6 Å². The lowest BCUT2D eigenvalue weighted by Gasteiger charge is -2.06. The molecule has 0 aliphatic carbocycles. The van der Waals surface area contributed by atoms with E-state index >= 15 is 0 Å². The highest BCUT2D eigenvalue weighted by atomic mass is 32.2. The Balaban J connectivity index is 2.92. The van der Waals surface area contributed by atoms with Crippen LogP contribution in [0.4, 0.5) is 8.78 Å². The Hall–Kier alpha value is -0.650. The number of nitrogens with one attached hydrogen (secondary N) is 1. The van der Waals surface area contributed by atoms with Gasteiger partial charge in [0.05, 0.1) is 7.11 Å². The summed E-state index contributed by atoms with van der Waals surface area (Å²) in [4.78, 5) is 4.86. The molecule has 0 aromatic heterocycles. The van der Waals surface area contributed by atoms with Gasteiger partial charge in [0.25, 0.3) is 0 Å². The molecule has 5 heteroatoms. The van der Waals surface area contributed by atoms with Crippen molar-refractivity contribution in [1.29, 1.82) is 0 Å². The molecule has 0 spiro atoms. The van der Waals surface area contributed by atoms with E-state index in [1.807, 2.05) is 0 Å². The number of halogens is 2. The van der Waals surface area contributed by atoms with E-state index in [2.05, 4.69) is 10.3 Å². The first kappa shape index (κ1) is 11.4. The number of benzene rings is 1. The number of hydroxylamine groups is 1. The van der Waals surface area contributed by atoms with Crippen LogP contribution in [0.25, 0.3) is 0 Å². The highest BCUT2D eigenvalue weighted by molar-refractivity contribution is 7.98. The molecule has 1 rings (SSSR count). The number of rotatable bonds is 4. The molecule has 1 aromatic rings. The molecule has 0 aliphatic rings. The van der Waals surface area contributed by atoms with Crippen LogP contribution in [-0.4, -0.2) is 13.4 Å². The quantitative estimate of drug-likeness (QED) is 0.620. The van der Waals surface area contributed by atoms with Crippen molar-refractivity contribution in [2.75, 3.05) is 13.4 Å². The van der Waals surface area contributed by atoms with Crippen LogP contribution in [0, 0.1) is 11.6 Å². The fourth-order valence-electron chi connectivity index (χ4n) is 1.02. The number of thioether (sulfide) groups is 1. The molecule has 1 N–H and O–H groups in total. The molecule has 0 amide bonds. The van der Waals surface area contributed by atoms with Gasteiger partial charge in [-0.15, -0.1) is 11.8 Å².